The highest BCUT2D eigenvalue weighted by atomic mass is 16.5. The Kier molecular flexibility index (Phi) is 19.9. The zero-order valence-corrected chi connectivity index (χ0v) is 33.0. The molecule has 0 aromatic heterocycles. The van der Waals surface area contributed by atoms with Gasteiger partial charge < -0.3 is 20.1 Å². The molecule has 0 atom stereocenters. The van der Waals surface area contributed by atoms with Crippen LogP contribution in [0.25, 0.3) is 11.1 Å². The lowest BCUT2D eigenvalue weighted by Crippen LogP contribution is -2.10. The maximum Gasteiger partial charge on any atom is 0.224 e. The fourth-order valence-electron chi connectivity index (χ4n) is 6.56. The van der Waals surface area contributed by atoms with Crippen LogP contribution in [-0.2, 0) is 9.59 Å². The molecule has 4 aromatic rings. The Labute approximate surface area is 325 Å². The number of ether oxygens (including phenoxy) is 2. The number of amides is 2. The molecule has 54 heavy (non-hydrogen) atoms. The second-order valence-corrected chi connectivity index (χ2v) is 14.6. The van der Waals surface area contributed by atoms with Gasteiger partial charge in [0, 0.05) is 24.2 Å². The van der Waals surface area contributed by atoms with Gasteiger partial charge in [-0.3, -0.25) is 9.59 Å². The summed E-state index contributed by atoms with van der Waals surface area (Å²) in [5, 5.41) is 6.01. The molecule has 0 bridgehead atoms. The minimum atomic E-state index is 0.0666. The molecule has 0 unspecified atom stereocenters. The van der Waals surface area contributed by atoms with Crippen LogP contribution in [-0.4, -0.2) is 11.8 Å². The van der Waals surface area contributed by atoms with Crippen LogP contribution in [0.15, 0.2) is 97.1 Å². The van der Waals surface area contributed by atoms with Gasteiger partial charge in [-0.2, -0.15) is 0 Å². The van der Waals surface area contributed by atoms with Crippen molar-refractivity contribution in [2.45, 2.75) is 142 Å². The number of nitrogens with one attached hydrogen (secondary N) is 2. The number of hydrogen-bond acceptors (Lipinski definition) is 4. The van der Waals surface area contributed by atoms with Crippen molar-refractivity contribution in [3.8, 4) is 34.1 Å². The van der Waals surface area contributed by atoms with Crippen molar-refractivity contribution in [2.75, 3.05) is 10.6 Å². The smallest absolute Gasteiger partial charge is 0.224 e. The Balaban J connectivity index is 1.12. The first kappa shape index (κ1) is 42.2. The Morgan fingerprint density at radius 3 is 0.926 bits per heavy atom. The van der Waals surface area contributed by atoms with E-state index in [2.05, 4.69) is 24.5 Å². The van der Waals surface area contributed by atoms with Crippen molar-refractivity contribution < 1.29 is 19.1 Å². The molecule has 0 aliphatic rings. The van der Waals surface area contributed by atoms with Crippen LogP contribution >= 0.6 is 0 Å². The lowest BCUT2D eigenvalue weighted by molar-refractivity contribution is -0.117. The van der Waals surface area contributed by atoms with Gasteiger partial charge in [-0.05, 0) is 96.8 Å². The van der Waals surface area contributed by atoms with Crippen LogP contribution in [0.4, 0.5) is 11.4 Å². The van der Waals surface area contributed by atoms with Gasteiger partial charge in [-0.25, -0.2) is 0 Å². The summed E-state index contributed by atoms with van der Waals surface area (Å²) in [5.41, 5.74) is 3.71. The van der Waals surface area contributed by atoms with E-state index in [1.54, 1.807) is 0 Å². The third-order valence-electron chi connectivity index (χ3n) is 9.80. The summed E-state index contributed by atoms with van der Waals surface area (Å²) in [6.45, 7) is 4.49. The summed E-state index contributed by atoms with van der Waals surface area (Å²) >= 11 is 0. The highest BCUT2D eigenvalue weighted by molar-refractivity contribution is 5.91. The van der Waals surface area contributed by atoms with Crippen LogP contribution in [0.3, 0.4) is 0 Å². The van der Waals surface area contributed by atoms with Crippen molar-refractivity contribution >= 4 is 23.2 Å². The van der Waals surface area contributed by atoms with Crippen LogP contribution in [0.1, 0.15) is 142 Å². The lowest BCUT2D eigenvalue weighted by atomic mass is 10.1. The van der Waals surface area contributed by atoms with Crippen molar-refractivity contribution in [1.82, 2.24) is 0 Å². The second-order valence-electron chi connectivity index (χ2n) is 14.6. The Morgan fingerprint density at radius 2 is 0.630 bits per heavy atom. The average Bonchev–Trinajstić information content (AvgIpc) is 3.19. The molecule has 2 N–H and O–H groups in total. The molecule has 0 aliphatic heterocycles. The maximum atomic E-state index is 12.4. The standard InChI is InChI=1S/C48H64N2O4/c1-3-5-7-9-11-13-15-17-19-21-47(51)49-41-27-35-45(36-28-41)53-43-31-23-39(24-32-43)40-25-33-44(34-26-40)54-46-37-29-42(30-38-46)50-48(52)22-20-18-16-14-12-10-8-6-4-2/h23-38H,3-22H2,1-2H3,(H,49,51)(H,50,52). The summed E-state index contributed by atoms with van der Waals surface area (Å²) in [6, 6.07) is 31.0. The van der Waals surface area contributed by atoms with Crippen molar-refractivity contribution in [3.05, 3.63) is 97.1 Å². The van der Waals surface area contributed by atoms with Crippen LogP contribution in [0.2, 0.25) is 0 Å². The van der Waals surface area contributed by atoms with E-state index in [1.807, 2.05) is 97.1 Å². The summed E-state index contributed by atoms with van der Waals surface area (Å²) in [4.78, 5) is 24.8. The zero-order chi connectivity index (χ0) is 38.1. The third-order valence-corrected chi connectivity index (χ3v) is 9.80. The van der Waals surface area contributed by atoms with Crippen LogP contribution in [0.5, 0.6) is 23.0 Å². The molecule has 0 fully saturated rings. The highest BCUT2D eigenvalue weighted by Gasteiger charge is 2.07. The van der Waals surface area contributed by atoms with E-state index >= 15 is 0 Å². The van der Waals surface area contributed by atoms with E-state index in [0.717, 1.165) is 59.7 Å². The molecule has 6 nitrogen and oxygen atoms in total. The van der Waals surface area contributed by atoms with E-state index in [0.29, 0.717) is 24.3 Å². The lowest BCUT2D eigenvalue weighted by Gasteiger charge is -2.10. The van der Waals surface area contributed by atoms with Gasteiger partial charge >= 0.3 is 0 Å². The van der Waals surface area contributed by atoms with E-state index < -0.39 is 0 Å². The van der Waals surface area contributed by atoms with Crippen molar-refractivity contribution in [3.63, 3.8) is 0 Å². The van der Waals surface area contributed by atoms with E-state index in [1.165, 1.54) is 89.9 Å². The zero-order valence-electron chi connectivity index (χ0n) is 33.0. The quantitative estimate of drug-likeness (QED) is 0.0599. The molecule has 4 aromatic carbocycles. The first-order valence-corrected chi connectivity index (χ1v) is 20.9. The first-order valence-electron chi connectivity index (χ1n) is 20.9. The number of unbranched alkanes of at least 4 members (excludes halogenated alkanes) is 16. The third kappa shape index (κ3) is 17.0. The normalized spacial score (nSPS) is 10.9. The van der Waals surface area contributed by atoms with Gasteiger partial charge in [0.2, 0.25) is 11.8 Å². The summed E-state index contributed by atoms with van der Waals surface area (Å²) < 4.78 is 12.1. The summed E-state index contributed by atoms with van der Waals surface area (Å²) in [6.07, 6.45) is 23.5. The average molecular weight is 733 g/mol. The first-order chi connectivity index (χ1) is 26.5. The minimum Gasteiger partial charge on any atom is -0.457 e. The van der Waals surface area contributed by atoms with Crippen LogP contribution in [0, 0.1) is 0 Å². The molecule has 0 radical (unpaired) electrons. The Hall–Kier alpha value is -4.58. The number of benzene rings is 4. The molecule has 4 rings (SSSR count). The number of anilines is 2. The van der Waals surface area contributed by atoms with E-state index in [-0.39, 0.29) is 11.8 Å². The number of hydrogen-bond donors (Lipinski definition) is 2. The molecule has 6 heteroatoms. The number of rotatable bonds is 27. The van der Waals surface area contributed by atoms with Gasteiger partial charge in [0.1, 0.15) is 23.0 Å². The fraction of sp³-hybridized carbons (Fsp3) is 0.458. The molecule has 0 aliphatic carbocycles. The SMILES string of the molecule is CCCCCCCCCCCC(=O)Nc1ccc(Oc2ccc(-c3ccc(Oc4ccc(NC(=O)CCCCCCCCCCC)cc4)cc3)cc2)cc1. The fourth-order valence-corrected chi connectivity index (χ4v) is 6.56. The minimum absolute atomic E-state index is 0.0666. The Bertz CT molecular complexity index is 1480. The molecule has 0 heterocycles. The summed E-state index contributed by atoms with van der Waals surface area (Å²) in [7, 11) is 0. The number of carbonyl (C=O) groups excluding carboxylic acids is 2. The summed E-state index contributed by atoms with van der Waals surface area (Å²) in [5.74, 6) is 3.04. The van der Waals surface area contributed by atoms with E-state index in [9.17, 15) is 9.59 Å². The molecular weight excluding hydrogens is 669 g/mol. The number of carbonyl (C=O) groups is 2. The molecule has 2 amide bonds. The molecule has 290 valence electrons. The van der Waals surface area contributed by atoms with Gasteiger partial charge in [0.25, 0.3) is 0 Å². The van der Waals surface area contributed by atoms with Crippen molar-refractivity contribution in [2.24, 2.45) is 0 Å². The van der Waals surface area contributed by atoms with Gasteiger partial charge in [0.05, 0.1) is 0 Å². The topological polar surface area (TPSA) is 76.7 Å². The van der Waals surface area contributed by atoms with Gasteiger partial charge in [-0.15, -0.1) is 0 Å². The maximum absolute atomic E-state index is 12.4. The molecular formula is C48H64N2O4. The molecule has 0 saturated heterocycles. The van der Waals surface area contributed by atoms with Gasteiger partial charge in [-0.1, -0.05) is 141 Å². The van der Waals surface area contributed by atoms with Crippen molar-refractivity contribution in [1.29, 1.82) is 0 Å². The van der Waals surface area contributed by atoms with Gasteiger partial charge in [0.15, 0.2) is 0 Å². The Morgan fingerprint density at radius 1 is 0.370 bits per heavy atom. The predicted molar refractivity (Wildman–Crippen MR) is 226 cm³/mol. The molecule has 0 saturated carbocycles. The highest BCUT2D eigenvalue weighted by Crippen LogP contribution is 2.30. The van der Waals surface area contributed by atoms with E-state index in [4.69, 9.17) is 9.47 Å². The molecule has 0 spiro atoms. The monoisotopic (exact) mass is 732 g/mol. The van der Waals surface area contributed by atoms with Crippen LogP contribution < -0.4 is 20.1 Å². The second kappa shape index (κ2) is 25.4. The predicted octanol–water partition coefficient (Wildman–Crippen LogP) is 14.7. The largest absolute Gasteiger partial charge is 0.457 e.